The van der Waals surface area contributed by atoms with Gasteiger partial charge in [-0.15, -0.1) is 0 Å². The average Bonchev–Trinajstić information content (AvgIpc) is 3.02. The fourth-order valence-corrected chi connectivity index (χ4v) is 2.54. The highest BCUT2D eigenvalue weighted by atomic mass is 19.1. The summed E-state index contributed by atoms with van der Waals surface area (Å²) in [5, 5.41) is 6.32. The van der Waals surface area contributed by atoms with Gasteiger partial charge in [0.15, 0.2) is 5.82 Å². The zero-order valence-corrected chi connectivity index (χ0v) is 15.1. The zero-order chi connectivity index (χ0) is 18.9. The molecule has 6 nitrogen and oxygen atoms in total. The molecule has 7 heteroatoms. The number of rotatable bonds is 9. The molecule has 0 saturated carbocycles. The second-order valence-corrected chi connectivity index (χ2v) is 6.17. The molecular weight excluding hydrogens is 337 g/mol. The van der Waals surface area contributed by atoms with E-state index in [9.17, 15) is 14.0 Å². The number of aryl methyl sites for hydroxylation is 1. The minimum absolute atomic E-state index is 0.103. The molecule has 1 aromatic heterocycles. The number of nitrogens with zero attached hydrogens (tertiary/aromatic N) is 2. The summed E-state index contributed by atoms with van der Waals surface area (Å²) in [6.45, 7) is 4.19. The van der Waals surface area contributed by atoms with Crippen molar-refractivity contribution >= 4 is 17.6 Å². The molecule has 0 spiro atoms. The maximum atomic E-state index is 13.1. The van der Waals surface area contributed by atoms with Crippen LogP contribution in [0.1, 0.15) is 48.7 Å². The number of amides is 2. The number of halogens is 1. The highest BCUT2D eigenvalue weighted by molar-refractivity contribution is 5.99. The first-order chi connectivity index (χ1) is 12.5. The third-order valence-electron chi connectivity index (χ3n) is 3.89. The van der Waals surface area contributed by atoms with Gasteiger partial charge in [-0.2, -0.15) is 0 Å². The Bertz CT molecular complexity index is 728. The zero-order valence-electron chi connectivity index (χ0n) is 15.1. The molecular formula is C19H24FN3O3. The molecule has 0 fully saturated rings. The van der Waals surface area contributed by atoms with Crippen molar-refractivity contribution in [3.8, 4) is 0 Å². The predicted molar refractivity (Wildman–Crippen MR) is 96.3 cm³/mol. The molecule has 0 aliphatic carbocycles. The van der Waals surface area contributed by atoms with Crippen LogP contribution in [0.2, 0.25) is 0 Å². The van der Waals surface area contributed by atoms with E-state index in [4.69, 9.17) is 4.52 Å². The SMILES string of the molecule is CCCCCCN(CC(=O)Nc1cc(C)on1)C(=O)c1ccc(F)cc1. The normalized spacial score (nSPS) is 10.6. The number of benzene rings is 1. The van der Waals surface area contributed by atoms with Crippen molar-refractivity contribution in [1.82, 2.24) is 10.1 Å². The van der Waals surface area contributed by atoms with E-state index in [0.29, 0.717) is 23.7 Å². The second kappa shape index (κ2) is 9.70. The largest absolute Gasteiger partial charge is 0.360 e. The second-order valence-electron chi connectivity index (χ2n) is 6.17. The van der Waals surface area contributed by atoms with Crippen molar-refractivity contribution in [3.05, 3.63) is 47.5 Å². The Morgan fingerprint density at radius 2 is 1.92 bits per heavy atom. The summed E-state index contributed by atoms with van der Waals surface area (Å²) in [5.74, 6) is -0.167. The number of unbranched alkanes of at least 4 members (excludes halogenated alkanes) is 3. The summed E-state index contributed by atoms with van der Waals surface area (Å²) < 4.78 is 18.0. The molecule has 2 aromatic rings. The number of nitrogens with one attached hydrogen (secondary N) is 1. The van der Waals surface area contributed by atoms with E-state index in [1.807, 2.05) is 0 Å². The number of anilines is 1. The van der Waals surface area contributed by atoms with Crippen LogP contribution >= 0.6 is 0 Å². The summed E-state index contributed by atoms with van der Waals surface area (Å²) in [4.78, 5) is 26.4. The lowest BCUT2D eigenvalue weighted by Crippen LogP contribution is -2.38. The Kier molecular flexibility index (Phi) is 7.32. The van der Waals surface area contributed by atoms with Gasteiger partial charge in [-0.25, -0.2) is 4.39 Å². The van der Waals surface area contributed by atoms with E-state index < -0.39 is 5.82 Å². The average molecular weight is 361 g/mol. The van der Waals surface area contributed by atoms with Crippen LogP contribution in [-0.2, 0) is 4.79 Å². The number of carbonyl (C=O) groups excluding carboxylic acids is 2. The van der Waals surface area contributed by atoms with Crippen molar-refractivity contribution in [2.24, 2.45) is 0 Å². The van der Waals surface area contributed by atoms with E-state index in [1.54, 1.807) is 13.0 Å². The van der Waals surface area contributed by atoms with Crippen molar-refractivity contribution in [3.63, 3.8) is 0 Å². The molecule has 1 aromatic carbocycles. The van der Waals surface area contributed by atoms with Gasteiger partial charge >= 0.3 is 0 Å². The molecule has 0 aliphatic heterocycles. The third kappa shape index (κ3) is 5.98. The van der Waals surface area contributed by atoms with Crippen molar-refractivity contribution in [2.45, 2.75) is 39.5 Å². The fourth-order valence-electron chi connectivity index (χ4n) is 2.54. The molecule has 26 heavy (non-hydrogen) atoms. The van der Waals surface area contributed by atoms with E-state index in [2.05, 4.69) is 17.4 Å². The number of carbonyl (C=O) groups is 2. The highest BCUT2D eigenvalue weighted by Crippen LogP contribution is 2.11. The lowest BCUT2D eigenvalue weighted by atomic mass is 10.1. The fraction of sp³-hybridized carbons (Fsp3) is 0.421. The van der Waals surface area contributed by atoms with E-state index in [0.717, 1.165) is 25.7 Å². The third-order valence-corrected chi connectivity index (χ3v) is 3.89. The maximum absolute atomic E-state index is 13.1. The smallest absolute Gasteiger partial charge is 0.254 e. The van der Waals surface area contributed by atoms with Crippen LogP contribution in [0, 0.1) is 12.7 Å². The van der Waals surface area contributed by atoms with Crippen LogP contribution in [0.25, 0.3) is 0 Å². The number of hydrogen-bond donors (Lipinski definition) is 1. The van der Waals surface area contributed by atoms with E-state index in [-0.39, 0.29) is 18.4 Å². The van der Waals surface area contributed by atoms with Crippen molar-refractivity contribution < 1.29 is 18.5 Å². The lowest BCUT2D eigenvalue weighted by Gasteiger charge is -2.22. The summed E-state index contributed by atoms with van der Waals surface area (Å²) in [6.07, 6.45) is 3.94. The van der Waals surface area contributed by atoms with Gasteiger partial charge in [0.25, 0.3) is 5.91 Å². The molecule has 0 bridgehead atoms. The van der Waals surface area contributed by atoms with E-state index >= 15 is 0 Å². The Morgan fingerprint density at radius 3 is 2.54 bits per heavy atom. The van der Waals surface area contributed by atoms with Gasteiger partial charge in [0.05, 0.1) is 0 Å². The summed E-state index contributed by atoms with van der Waals surface area (Å²) in [5.41, 5.74) is 0.354. The van der Waals surface area contributed by atoms with Gasteiger partial charge in [-0.1, -0.05) is 31.3 Å². The van der Waals surface area contributed by atoms with Crippen LogP contribution in [0.4, 0.5) is 10.2 Å². The molecule has 2 amide bonds. The summed E-state index contributed by atoms with van der Waals surface area (Å²) in [6, 6.07) is 6.93. The Labute approximate surface area is 152 Å². The molecule has 2 rings (SSSR count). The van der Waals surface area contributed by atoms with Crippen molar-refractivity contribution in [2.75, 3.05) is 18.4 Å². The summed E-state index contributed by atoms with van der Waals surface area (Å²) >= 11 is 0. The molecule has 1 heterocycles. The number of hydrogen-bond acceptors (Lipinski definition) is 4. The first kappa shape index (κ1) is 19.6. The highest BCUT2D eigenvalue weighted by Gasteiger charge is 2.19. The first-order valence-corrected chi connectivity index (χ1v) is 8.77. The van der Waals surface area contributed by atoms with Crippen LogP contribution < -0.4 is 5.32 Å². The van der Waals surface area contributed by atoms with Crippen LogP contribution in [0.15, 0.2) is 34.9 Å². The molecule has 0 saturated heterocycles. The Hall–Kier alpha value is -2.70. The first-order valence-electron chi connectivity index (χ1n) is 8.77. The van der Waals surface area contributed by atoms with Gasteiger partial charge < -0.3 is 14.7 Å². The van der Waals surface area contributed by atoms with Crippen LogP contribution in [0.3, 0.4) is 0 Å². The monoisotopic (exact) mass is 361 g/mol. The minimum Gasteiger partial charge on any atom is -0.360 e. The summed E-state index contributed by atoms with van der Waals surface area (Å²) in [7, 11) is 0. The Balaban J connectivity index is 2.02. The lowest BCUT2D eigenvalue weighted by molar-refractivity contribution is -0.117. The van der Waals surface area contributed by atoms with Gasteiger partial charge in [-0.3, -0.25) is 9.59 Å². The molecule has 1 N–H and O–H groups in total. The molecule has 0 aliphatic rings. The molecule has 140 valence electrons. The van der Waals surface area contributed by atoms with Crippen LogP contribution in [0.5, 0.6) is 0 Å². The molecule has 0 unspecified atom stereocenters. The van der Waals surface area contributed by atoms with Gasteiger partial charge in [0, 0.05) is 18.2 Å². The standard InChI is InChI=1S/C19H24FN3O3/c1-3-4-5-6-11-23(19(25)15-7-9-16(20)10-8-15)13-18(24)21-17-12-14(2)26-22-17/h7-10,12H,3-6,11,13H2,1-2H3,(H,21,22,24). The molecule has 0 atom stereocenters. The maximum Gasteiger partial charge on any atom is 0.254 e. The van der Waals surface area contributed by atoms with Gasteiger partial charge in [-0.05, 0) is 37.6 Å². The number of aromatic nitrogens is 1. The van der Waals surface area contributed by atoms with E-state index in [1.165, 1.54) is 29.2 Å². The van der Waals surface area contributed by atoms with Gasteiger partial charge in [0.2, 0.25) is 5.91 Å². The molecule has 0 radical (unpaired) electrons. The minimum atomic E-state index is -0.407. The van der Waals surface area contributed by atoms with Crippen LogP contribution in [-0.4, -0.2) is 35.0 Å². The quantitative estimate of drug-likeness (QED) is 0.690. The predicted octanol–water partition coefficient (Wildman–Crippen LogP) is 3.78. The van der Waals surface area contributed by atoms with Crippen molar-refractivity contribution in [1.29, 1.82) is 0 Å². The van der Waals surface area contributed by atoms with Gasteiger partial charge in [0.1, 0.15) is 18.1 Å². The Morgan fingerprint density at radius 1 is 1.19 bits per heavy atom. The topological polar surface area (TPSA) is 75.4 Å².